The van der Waals surface area contributed by atoms with Crippen molar-refractivity contribution < 1.29 is 4.79 Å². The van der Waals surface area contributed by atoms with Crippen LogP contribution in [0.4, 0.5) is 0 Å². The fraction of sp³-hybridized carbons (Fsp3) is 0.467. The minimum Gasteiger partial charge on any atom is -0.355 e. The normalized spacial score (nSPS) is 19.8. The van der Waals surface area contributed by atoms with Crippen molar-refractivity contribution in [1.29, 1.82) is 0 Å². The summed E-state index contributed by atoms with van der Waals surface area (Å²) < 4.78 is 2.97. The highest BCUT2D eigenvalue weighted by Crippen LogP contribution is 2.21. The molecule has 1 unspecified atom stereocenters. The average molecular weight is 351 g/mol. The van der Waals surface area contributed by atoms with Gasteiger partial charge in [-0.3, -0.25) is 14.1 Å². The SMILES string of the molecule is CN(Cc1nc2ccccn2c1Br)C1CCCCNC1=O. The van der Waals surface area contributed by atoms with Gasteiger partial charge in [-0.1, -0.05) is 6.07 Å². The lowest BCUT2D eigenvalue weighted by Gasteiger charge is -2.24. The number of hydrogen-bond acceptors (Lipinski definition) is 3. The zero-order valence-corrected chi connectivity index (χ0v) is 13.6. The lowest BCUT2D eigenvalue weighted by atomic mass is 10.1. The first-order chi connectivity index (χ1) is 10.2. The third-order valence-corrected chi connectivity index (χ3v) is 4.81. The second-order valence-corrected chi connectivity index (χ2v) is 6.25. The van der Waals surface area contributed by atoms with Crippen LogP contribution in [0.15, 0.2) is 29.0 Å². The van der Waals surface area contributed by atoms with E-state index < -0.39 is 0 Å². The fourth-order valence-electron chi connectivity index (χ4n) is 2.81. The van der Waals surface area contributed by atoms with Crippen LogP contribution >= 0.6 is 15.9 Å². The van der Waals surface area contributed by atoms with Gasteiger partial charge in [-0.2, -0.15) is 0 Å². The molecule has 1 atom stereocenters. The maximum absolute atomic E-state index is 12.1. The van der Waals surface area contributed by atoms with Gasteiger partial charge in [-0.15, -0.1) is 0 Å². The number of imidazole rings is 1. The Morgan fingerprint density at radius 1 is 1.48 bits per heavy atom. The van der Waals surface area contributed by atoms with Crippen molar-refractivity contribution in [1.82, 2.24) is 19.6 Å². The molecule has 0 bridgehead atoms. The summed E-state index contributed by atoms with van der Waals surface area (Å²) in [6, 6.07) is 5.86. The van der Waals surface area contributed by atoms with Crippen molar-refractivity contribution in [3.8, 4) is 0 Å². The van der Waals surface area contributed by atoms with E-state index in [1.54, 1.807) is 0 Å². The minimum atomic E-state index is -0.0655. The van der Waals surface area contributed by atoms with Crippen molar-refractivity contribution in [2.75, 3.05) is 13.6 Å². The molecule has 21 heavy (non-hydrogen) atoms. The number of likely N-dealkylation sites (N-methyl/N-ethyl adjacent to an activating group) is 1. The quantitative estimate of drug-likeness (QED) is 0.922. The van der Waals surface area contributed by atoms with E-state index in [2.05, 4.69) is 31.1 Å². The van der Waals surface area contributed by atoms with Crippen LogP contribution in [0, 0.1) is 0 Å². The molecule has 0 radical (unpaired) electrons. The molecule has 2 aromatic rings. The number of pyridine rings is 1. The van der Waals surface area contributed by atoms with E-state index in [9.17, 15) is 4.79 Å². The summed E-state index contributed by atoms with van der Waals surface area (Å²) in [5, 5.41) is 2.98. The standard InChI is InChI=1S/C15H19BrN4O/c1-19(12-6-2-4-8-17-15(12)21)10-11-14(16)20-9-5-3-7-13(20)18-11/h3,5,7,9,12H,2,4,6,8,10H2,1H3,(H,17,21). The van der Waals surface area contributed by atoms with E-state index in [1.807, 2.05) is 35.8 Å². The lowest BCUT2D eigenvalue weighted by molar-refractivity contribution is -0.125. The van der Waals surface area contributed by atoms with Gasteiger partial charge in [0.15, 0.2) is 0 Å². The van der Waals surface area contributed by atoms with Crippen LogP contribution in [0.3, 0.4) is 0 Å². The van der Waals surface area contributed by atoms with Crippen molar-refractivity contribution >= 4 is 27.5 Å². The van der Waals surface area contributed by atoms with Gasteiger partial charge in [0.1, 0.15) is 10.3 Å². The third-order valence-electron chi connectivity index (χ3n) is 3.97. The molecule has 1 aliphatic heterocycles. The van der Waals surface area contributed by atoms with E-state index in [1.165, 1.54) is 0 Å². The average Bonchev–Trinajstić information content (AvgIpc) is 2.65. The zero-order chi connectivity index (χ0) is 14.8. The molecule has 112 valence electrons. The highest BCUT2D eigenvalue weighted by atomic mass is 79.9. The Morgan fingerprint density at radius 3 is 3.14 bits per heavy atom. The van der Waals surface area contributed by atoms with Gasteiger partial charge in [0.2, 0.25) is 5.91 Å². The smallest absolute Gasteiger partial charge is 0.237 e. The summed E-state index contributed by atoms with van der Waals surface area (Å²) in [7, 11) is 1.99. The first kappa shape index (κ1) is 14.5. The van der Waals surface area contributed by atoms with Crippen molar-refractivity contribution in [2.45, 2.75) is 31.8 Å². The van der Waals surface area contributed by atoms with Gasteiger partial charge >= 0.3 is 0 Å². The van der Waals surface area contributed by atoms with Crippen molar-refractivity contribution in [3.05, 3.63) is 34.7 Å². The number of rotatable bonds is 3. The van der Waals surface area contributed by atoms with Crippen molar-refractivity contribution in [2.24, 2.45) is 0 Å². The number of fused-ring (bicyclic) bond motifs is 1. The van der Waals surface area contributed by atoms with Gasteiger partial charge in [0.05, 0.1) is 11.7 Å². The number of aromatic nitrogens is 2. The van der Waals surface area contributed by atoms with Crippen molar-refractivity contribution in [3.63, 3.8) is 0 Å². The maximum atomic E-state index is 12.1. The molecule has 1 fully saturated rings. The summed E-state index contributed by atoms with van der Waals surface area (Å²) in [6.07, 6.45) is 5.04. The maximum Gasteiger partial charge on any atom is 0.237 e. The molecular weight excluding hydrogens is 332 g/mol. The predicted molar refractivity (Wildman–Crippen MR) is 85.0 cm³/mol. The van der Waals surface area contributed by atoms with Gasteiger partial charge in [-0.05, 0) is 54.4 Å². The number of carbonyl (C=O) groups excluding carboxylic acids is 1. The molecule has 0 aromatic carbocycles. The fourth-order valence-corrected chi connectivity index (χ4v) is 3.32. The molecule has 2 aromatic heterocycles. The van der Waals surface area contributed by atoms with E-state index in [0.29, 0.717) is 6.54 Å². The molecule has 6 heteroatoms. The monoisotopic (exact) mass is 350 g/mol. The predicted octanol–water partition coefficient (Wildman–Crippen LogP) is 2.20. The number of halogens is 1. The molecule has 3 rings (SSSR count). The Labute approximate surface area is 132 Å². The van der Waals surface area contributed by atoms with E-state index in [-0.39, 0.29) is 11.9 Å². The van der Waals surface area contributed by atoms with E-state index in [4.69, 9.17) is 0 Å². The van der Waals surface area contributed by atoms with Crippen LogP contribution < -0.4 is 5.32 Å². The topological polar surface area (TPSA) is 49.6 Å². The Balaban J connectivity index is 1.80. The van der Waals surface area contributed by atoms with E-state index >= 15 is 0 Å². The molecule has 0 saturated carbocycles. The summed E-state index contributed by atoms with van der Waals surface area (Å²) in [5.74, 6) is 0.134. The number of nitrogens with one attached hydrogen (secondary N) is 1. The lowest BCUT2D eigenvalue weighted by Crippen LogP contribution is -2.43. The molecule has 1 amide bonds. The Bertz CT molecular complexity index is 654. The zero-order valence-electron chi connectivity index (χ0n) is 12.1. The summed E-state index contributed by atoms with van der Waals surface area (Å²) >= 11 is 3.61. The molecule has 3 heterocycles. The van der Waals surface area contributed by atoms with Crippen LogP contribution in [-0.4, -0.2) is 39.8 Å². The minimum absolute atomic E-state index is 0.0655. The number of hydrogen-bond donors (Lipinski definition) is 1. The highest BCUT2D eigenvalue weighted by Gasteiger charge is 2.25. The number of amides is 1. The van der Waals surface area contributed by atoms with Gasteiger partial charge in [0.25, 0.3) is 0 Å². The van der Waals surface area contributed by atoms with Crippen LogP contribution in [-0.2, 0) is 11.3 Å². The summed E-state index contributed by atoms with van der Waals surface area (Å²) in [4.78, 5) is 18.8. The second-order valence-electron chi connectivity index (χ2n) is 5.50. The molecule has 1 N–H and O–H groups in total. The van der Waals surface area contributed by atoms with Gasteiger partial charge in [-0.25, -0.2) is 4.98 Å². The Hall–Kier alpha value is -1.40. The third kappa shape index (κ3) is 2.96. The molecular formula is C15H19BrN4O. The van der Waals surface area contributed by atoms with E-state index in [0.717, 1.165) is 41.8 Å². The molecule has 5 nitrogen and oxygen atoms in total. The van der Waals surface area contributed by atoms with Crippen LogP contribution in [0.2, 0.25) is 0 Å². The number of nitrogens with zero attached hydrogens (tertiary/aromatic N) is 3. The van der Waals surface area contributed by atoms with Crippen LogP contribution in [0.1, 0.15) is 25.0 Å². The largest absolute Gasteiger partial charge is 0.355 e. The molecule has 0 spiro atoms. The Morgan fingerprint density at radius 2 is 2.33 bits per heavy atom. The van der Waals surface area contributed by atoms with Crippen LogP contribution in [0.25, 0.3) is 5.65 Å². The molecule has 0 aliphatic carbocycles. The second kappa shape index (κ2) is 6.15. The highest BCUT2D eigenvalue weighted by molar-refractivity contribution is 9.10. The first-order valence-electron chi connectivity index (χ1n) is 7.26. The summed E-state index contributed by atoms with van der Waals surface area (Å²) in [5.41, 5.74) is 1.87. The van der Waals surface area contributed by atoms with Gasteiger partial charge < -0.3 is 5.32 Å². The Kier molecular flexibility index (Phi) is 4.26. The molecule has 1 aliphatic rings. The van der Waals surface area contributed by atoms with Crippen LogP contribution in [0.5, 0.6) is 0 Å². The summed E-state index contributed by atoms with van der Waals surface area (Å²) in [6.45, 7) is 1.45. The number of carbonyl (C=O) groups is 1. The first-order valence-corrected chi connectivity index (χ1v) is 8.05. The molecule has 1 saturated heterocycles. The van der Waals surface area contributed by atoms with Gasteiger partial charge in [0, 0.05) is 19.3 Å².